The van der Waals surface area contributed by atoms with E-state index in [1.54, 1.807) is 0 Å². The number of hydrogen-bond acceptors (Lipinski definition) is 4. The summed E-state index contributed by atoms with van der Waals surface area (Å²) in [6.07, 6.45) is -0.527. The van der Waals surface area contributed by atoms with Crippen LogP contribution in [0, 0.1) is 5.92 Å². The molecule has 1 saturated heterocycles. The predicted molar refractivity (Wildman–Crippen MR) is 56.8 cm³/mol. The number of aliphatic carboxylic acids is 1. The molecule has 1 rings (SSSR count). The highest BCUT2D eigenvalue weighted by atomic mass is 32.2. The summed E-state index contributed by atoms with van der Waals surface area (Å²) >= 11 is 1.43. The second-order valence-corrected chi connectivity index (χ2v) is 4.79. The zero-order valence-electron chi connectivity index (χ0n) is 8.80. The summed E-state index contributed by atoms with van der Waals surface area (Å²) in [6.45, 7) is 4.19. The van der Waals surface area contributed by atoms with Gasteiger partial charge in [0.05, 0.1) is 12.5 Å². The number of carbonyl (C=O) groups excluding carboxylic acids is 1. The molecule has 1 aliphatic heterocycles. The van der Waals surface area contributed by atoms with Gasteiger partial charge in [-0.2, -0.15) is 0 Å². The summed E-state index contributed by atoms with van der Waals surface area (Å²) in [5.74, 6) is 0.119. The number of rotatable bonds is 3. The fourth-order valence-corrected chi connectivity index (χ4v) is 2.28. The van der Waals surface area contributed by atoms with Crippen LogP contribution in [0.1, 0.15) is 13.8 Å². The Morgan fingerprint density at radius 2 is 2.27 bits per heavy atom. The highest BCUT2D eigenvalue weighted by Crippen LogP contribution is 2.21. The summed E-state index contributed by atoms with van der Waals surface area (Å²) in [7, 11) is 0. The molecule has 6 heteroatoms. The first-order valence-corrected chi connectivity index (χ1v) is 5.91. The van der Waals surface area contributed by atoms with E-state index in [2.05, 4.69) is 0 Å². The van der Waals surface area contributed by atoms with Crippen molar-refractivity contribution in [2.24, 2.45) is 5.92 Å². The van der Waals surface area contributed by atoms with E-state index >= 15 is 0 Å². The Morgan fingerprint density at radius 3 is 2.80 bits per heavy atom. The van der Waals surface area contributed by atoms with Gasteiger partial charge in [-0.15, -0.1) is 11.8 Å². The Balaban J connectivity index is 2.47. The third-order valence-corrected chi connectivity index (χ3v) is 2.95. The van der Waals surface area contributed by atoms with E-state index in [-0.39, 0.29) is 5.92 Å². The number of hydrogen-bond donors (Lipinski definition) is 1. The number of carboxylic acids is 1. The fourth-order valence-electron chi connectivity index (χ4n) is 1.15. The van der Waals surface area contributed by atoms with Crippen LogP contribution in [0.5, 0.6) is 0 Å². The van der Waals surface area contributed by atoms with Gasteiger partial charge in [-0.3, -0.25) is 4.90 Å². The standard InChI is InChI=1S/C9H15NO4S/c1-6(2)3-14-9(13)10-5-15-4-7(10)8(11)12/h6-7H,3-5H2,1-2H3,(H,11,12). The first-order chi connectivity index (χ1) is 7.02. The largest absolute Gasteiger partial charge is 0.480 e. The van der Waals surface area contributed by atoms with E-state index in [0.717, 1.165) is 0 Å². The Labute approximate surface area is 92.8 Å². The Kier molecular flexibility index (Phi) is 4.26. The molecule has 0 spiro atoms. The van der Waals surface area contributed by atoms with E-state index < -0.39 is 18.1 Å². The third kappa shape index (κ3) is 3.30. The molecule has 1 aliphatic rings. The van der Waals surface area contributed by atoms with Crippen LogP contribution in [-0.2, 0) is 9.53 Å². The maximum atomic E-state index is 11.5. The number of nitrogens with zero attached hydrogens (tertiary/aromatic N) is 1. The Morgan fingerprint density at radius 1 is 1.60 bits per heavy atom. The average Bonchev–Trinajstić information content (AvgIpc) is 2.62. The summed E-state index contributed by atoms with van der Waals surface area (Å²) in [4.78, 5) is 23.5. The van der Waals surface area contributed by atoms with Crippen LogP contribution in [0.15, 0.2) is 0 Å². The van der Waals surface area contributed by atoms with E-state index in [9.17, 15) is 9.59 Å². The molecule has 0 aromatic carbocycles. The quantitative estimate of drug-likeness (QED) is 0.794. The second-order valence-electron chi connectivity index (χ2n) is 3.79. The monoisotopic (exact) mass is 233 g/mol. The lowest BCUT2D eigenvalue weighted by molar-refractivity contribution is -0.141. The van der Waals surface area contributed by atoms with Gasteiger partial charge >= 0.3 is 12.1 Å². The number of carboxylic acid groups (broad SMARTS) is 1. The zero-order chi connectivity index (χ0) is 11.4. The highest BCUT2D eigenvalue weighted by Gasteiger charge is 2.35. The molecule has 0 aromatic rings. The third-order valence-electron chi connectivity index (χ3n) is 1.94. The number of carbonyl (C=O) groups is 2. The van der Waals surface area contributed by atoms with Crippen LogP contribution in [0.2, 0.25) is 0 Å². The zero-order valence-corrected chi connectivity index (χ0v) is 9.62. The minimum absolute atomic E-state index is 0.257. The van der Waals surface area contributed by atoms with Crippen LogP contribution < -0.4 is 0 Å². The normalized spacial score (nSPS) is 20.7. The van der Waals surface area contributed by atoms with Crippen LogP contribution >= 0.6 is 11.8 Å². The molecule has 1 amide bonds. The molecule has 0 aliphatic carbocycles. The second kappa shape index (κ2) is 5.25. The van der Waals surface area contributed by atoms with Gasteiger partial charge in [-0.25, -0.2) is 9.59 Å². The fraction of sp³-hybridized carbons (Fsp3) is 0.778. The van der Waals surface area contributed by atoms with E-state index in [0.29, 0.717) is 18.2 Å². The number of thioether (sulfide) groups is 1. The maximum Gasteiger partial charge on any atom is 0.411 e. The molecule has 0 bridgehead atoms. The molecule has 1 N–H and O–H groups in total. The summed E-state index contributed by atoms with van der Waals surface area (Å²) in [5, 5.41) is 8.85. The van der Waals surface area contributed by atoms with Gasteiger partial charge in [0.1, 0.15) is 6.04 Å². The lowest BCUT2D eigenvalue weighted by Gasteiger charge is -2.20. The molecule has 1 heterocycles. The van der Waals surface area contributed by atoms with Crippen LogP contribution in [0.25, 0.3) is 0 Å². The molecule has 1 unspecified atom stereocenters. The van der Waals surface area contributed by atoms with E-state index in [1.807, 2.05) is 13.8 Å². The molecule has 5 nitrogen and oxygen atoms in total. The molecular formula is C9H15NO4S. The number of amides is 1. The summed E-state index contributed by atoms with van der Waals surface area (Å²) in [6, 6.07) is -0.741. The van der Waals surface area contributed by atoms with Gasteiger partial charge in [0.2, 0.25) is 0 Å². The van der Waals surface area contributed by atoms with Crippen LogP contribution in [-0.4, -0.2) is 46.3 Å². The lowest BCUT2D eigenvalue weighted by Crippen LogP contribution is -2.42. The van der Waals surface area contributed by atoms with E-state index in [1.165, 1.54) is 16.7 Å². The van der Waals surface area contributed by atoms with Gasteiger partial charge in [-0.05, 0) is 5.92 Å². The van der Waals surface area contributed by atoms with Crippen molar-refractivity contribution in [2.75, 3.05) is 18.2 Å². The topological polar surface area (TPSA) is 66.8 Å². The van der Waals surface area contributed by atoms with Crippen molar-refractivity contribution in [3.05, 3.63) is 0 Å². The predicted octanol–water partition coefficient (Wildman–Crippen LogP) is 1.24. The first-order valence-electron chi connectivity index (χ1n) is 4.76. The van der Waals surface area contributed by atoms with Gasteiger partial charge in [0.15, 0.2) is 0 Å². The molecule has 0 radical (unpaired) electrons. The average molecular weight is 233 g/mol. The molecule has 1 atom stereocenters. The van der Waals surface area contributed by atoms with Crippen molar-refractivity contribution >= 4 is 23.8 Å². The molecule has 0 aromatic heterocycles. The molecule has 15 heavy (non-hydrogen) atoms. The summed E-state index contributed by atoms with van der Waals surface area (Å²) in [5.41, 5.74) is 0. The van der Waals surface area contributed by atoms with Crippen LogP contribution in [0.3, 0.4) is 0 Å². The van der Waals surface area contributed by atoms with Gasteiger partial charge in [0, 0.05) is 5.75 Å². The highest BCUT2D eigenvalue weighted by molar-refractivity contribution is 7.99. The molecule has 1 fully saturated rings. The minimum atomic E-state index is -0.971. The Bertz CT molecular complexity index is 256. The molecular weight excluding hydrogens is 218 g/mol. The lowest BCUT2D eigenvalue weighted by atomic mass is 10.2. The maximum absolute atomic E-state index is 11.5. The minimum Gasteiger partial charge on any atom is -0.480 e. The van der Waals surface area contributed by atoms with Crippen molar-refractivity contribution in [3.8, 4) is 0 Å². The summed E-state index contributed by atoms with van der Waals surface area (Å²) < 4.78 is 4.98. The Hall–Kier alpha value is -0.910. The van der Waals surface area contributed by atoms with Crippen molar-refractivity contribution in [1.82, 2.24) is 4.90 Å². The van der Waals surface area contributed by atoms with Crippen LogP contribution in [0.4, 0.5) is 4.79 Å². The van der Waals surface area contributed by atoms with Gasteiger partial charge in [0.25, 0.3) is 0 Å². The molecule has 86 valence electrons. The first kappa shape index (κ1) is 12.2. The van der Waals surface area contributed by atoms with Crippen molar-refractivity contribution < 1.29 is 19.4 Å². The number of ether oxygens (including phenoxy) is 1. The van der Waals surface area contributed by atoms with Crippen molar-refractivity contribution in [1.29, 1.82) is 0 Å². The SMILES string of the molecule is CC(C)COC(=O)N1CSCC1C(=O)O. The smallest absolute Gasteiger partial charge is 0.411 e. The molecule has 0 saturated carbocycles. The van der Waals surface area contributed by atoms with Gasteiger partial charge in [-0.1, -0.05) is 13.8 Å². The van der Waals surface area contributed by atoms with E-state index in [4.69, 9.17) is 9.84 Å². The van der Waals surface area contributed by atoms with Crippen molar-refractivity contribution in [2.45, 2.75) is 19.9 Å². The van der Waals surface area contributed by atoms with Gasteiger partial charge < -0.3 is 9.84 Å². The van der Waals surface area contributed by atoms with Crippen molar-refractivity contribution in [3.63, 3.8) is 0 Å².